The van der Waals surface area contributed by atoms with Gasteiger partial charge in [-0.05, 0) is 5.56 Å². The summed E-state index contributed by atoms with van der Waals surface area (Å²) in [6.45, 7) is 0. The maximum absolute atomic E-state index is 4.36. The number of nitrogens with zero attached hydrogens (tertiary/aromatic N) is 3. The van der Waals surface area contributed by atoms with Crippen molar-refractivity contribution in [2.75, 3.05) is 0 Å². The Kier molecular flexibility index (Phi) is 2.84. The van der Waals surface area contributed by atoms with Crippen molar-refractivity contribution in [3.63, 3.8) is 0 Å². The standard InChI is InChI=1S/C14H12N4/c1-2-5-11(6-3-1)7-4-8-13-15-9-12-14(18-13)17-10-16-12/h1-7,9-10H,8H2,(H,15,16,17,18). The fraction of sp³-hybridized carbons (Fsp3) is 0.0714. The molecule has 88 valence electrons. The number of fused-ring (bicyclic) bond motifs is 1. The topological polar surface area (TPSA) is 54.5 Å². The van der Waals surface area contributed by atoms with Gasteiger partial charge in [0, 0.05) is 6.42 Å². The molecule has 0 radical (unpaired) electrons. The first kappa shape index (κ1) is 10.7. The number of nitrogens with one attached hydrogen (secondary N) is 1. The quantitative estimate of drug-likeness (QED) is 0.760. The van der Waals surface area contributed by atoms with Crippen LogP contribution >= 0.6 is 0 Å². The fourth-order valence-corrected chi connectivity index (χ4v) is 1.73. The van der Waals surface area contributed by atoms with Crippen molar-refractivity contribution >= 4 is 17.2 Å². The van der Waals surface area contributed by atoms with Crippen LogP contribution in [0.4, 0.5) is 0 Å². The highest BCUT2D eigenvalue weighted by Crippen LogP contribution is 2.06. The Hall–Kier alpha value is -2.49. The lowest BCUT2D eigenvalue weighted by Crippen LogP contribution is -1.92. The Labute approximate surface area is 104 Å². The molecule has 0 spiro atoms. The minimum Gasteiger partial charge on any atom is -0.342 e. The van der Waals surface area contributed by atoms with E-state index >= 15 is 0 Å². The summed E-state index contributed by atoms with van der Waals surface area (Å²) in [7, 11) is 0. The highest BCUT2D eigenvalue weighted by Gasteiger charge is 1.99. The second-order valence-electron chi connectivity index (χ2n) is 3.94. The molecule has 0 saturated carbocycles. The molecular weight excluding hydrogens is 224 g/mol. The van der Waals surface area contributed by atoms with Crippen LogP contribution in [0, 0.1) is 0 Å². The number of H-pyrrole nitrogens is 1. The largest absolute Gasteiger partial charge is 0.342 e. The SMILES string of the molecule is C(=Cc1ccccc1)Cc1ncc2[nH]cnc2n1. The maximum atomic E-state index is 4.36. The van der Waals surface area contributed by atoms with Gasteiger partial charge in [-0.3, -0.25) is 0 Å². The second-order valence-corrected chi connectivity index (χ2v) is 3.94. The average Bonchev–Trinajstić information content (AvgIpc) is 2.87. The van der Waals surface area contributed by atoms with E-state index in [-0.39, 0.29) is 0 Å². The fourth-order valence-electron chi connectivity index (χ4n) is 1.73. The molecule has 3 aromatic rings. The molecule has 1 aromatic carbocycles. The van der Waals surface area contributed by atoms with Crippen LogP contribution in [-0.4, -0.2) is 19.9 Å². The summed E-state index contributed by atoms with van der Waals surface area (Å²) in [4.78, 5) is 15.7. The van der Waals surface area contributed by atoms with Crippen molar-refractivity contribution in [2.45, 2.75) is 6.42 Å². The minimum absolute atomic E-state index is 0.706. The molecule has 0 aliphatic rings. The van der Waals surface area contributed by atoms with E-state index in [1.165, 1.54) is 5.56 Å². The molecule has 2 aromatic heterocycles. The zero-order valence-corrected chi connectivity index (χ0v) is 9.74. The molecule has 3 rings (SSSR count). The number of aromatic nitrogens is 4. The summed E-state index contributed by atoms with van der Waals surface area (Å²) in [5, 5.41) is 0. The van der Waals surface area contributed by atoms with Crippen LogP contribution in [0.3, 0.4) is 0 Å². The van der Waals surface area contributed by atoms with Gasteiger partial charge in [-0.25, -0.2) is 15.0 Å². The van der Waals surface area contributed by atoms with E-state index in [9.17, 15) is 0 Å². The smallest absolute Gasteiger partial charge is 0.180 e. The Balaban J connectivity index is 1.74. The molecule has 4 heteroatoms. The number of rotatable bonds is 3. The first-order chi connectivity index (χ1) is 8.92. The normalized spacial score (nSPS) is 11.3. The molecule has 18 heavy (non-hydrogen) atoms. The summed E-state index contributed by atoms with van der Waals surface area (Å²) >= 11 is 0. The zero-order chi connectivity index (χ0) is 12.2. The lowest BCUT2D eigenvalue weighted by Gasteiger charge is -1.95. The van der Waals surface area contributed by atoms with Gasteiger partial charge < -0.3 is 4.98 Å². The Bertz CT molecular complexity index is 670. The number of imidazole rings is 1. The summed E-state index contributed by atoms with van der Waals surface area (Å²) in [6, 6.07) is 10.2. The van der Waals surface area contributed by atoms with Gasteiger partial charge in [-0.15, -0.1) is 0 Å². The van der Waals surface area contributed by atoms with Gasteiger partial charge in [0.1, 0.15) is 11.3 Å². The number of aromatic amines is 1. The van der Waals surface area contributed by atoms with Crippen molar-refractivity contribution in [1.29, 1.82) is 0 Å². The number of allylic oxidation sites excluding steroid dienone is 1. The van der Waals surface area contributed by atoms with E-state index in [4.69, 9.17) is 0 Å². The van der Waals surface area contributed by atoms with Gasteiger partial charge in [-0.1, -0.05) is 42.5 Å². The van der Waals surface area contributed by atoms with Crippen molar-refractivity contribution in [1.82, 2.24) is 19.9 Å². The minimum atomic E-state index is 0.706. The van der Waals surface area contributed by atoms with Crippen LogP contribution in [0.5, 0.6) is 0 Å². The van der Waals surface area contributed by atoms with Gasteiger partial charge in [0.2, 0.25) is 0 Å². The van der Waals surface area contributed by atoms with Gasteiger partial charge in [0.05, 0.1) is 12.5 Å². The van der Waals surface area contributed by atoms with E-state index in [2.05, 4.69) is 44.2 Å². The van der Waals surface area contributed by atoms with Crippen molar-refractivity contribution in [3.05, 3.63) is 60.3 Å². The predicted octanol–water partition coefficient (Wildman–Crippen LogP) is 2.61. The third kappa shape index (κ3) is 2.27. The third-order valence-electron chi connectivity index (χ3n) is 2.64. The zero-order valence-electron chi connectivity index (χ0n) is 9.74. The molecule has 0 atom stereocenters. The first-order valence-electron chi connectivity index (χ1n) is 5.78. The lowest BCUT2D eigenvalue weighted by atomic mass is 10.2. The molecule has 1 N–H and O–H groups in total. The molecule has 0 bridgehead atoms. The summed E-state index contributed by atoms with van der Waals surface area (Å²) < 4.78 is 0. The van der Waals surface area contributed by atoms with Gasteiger partial charge >= 0.3 is 0 Å². The summed E-state index contributed by atoms with van der Waals surface area (Å²) in [5.74, 6) is 0.779. The number of benzene rings is 1. The Morgan fingerprint density at radius 1 is 1.11 bits per heavy atom. The van der Waals surface area contributed by atoms with Crippen molar-refractivity contribution in [2.24, 2.45) is 0 Å². The second kappa shape index (κ2) is 4.79. The molecule has 0 unspecified atom stereocenters. The molecule has 4 nitrogen and oxygen atoms in total. The van der Waals surface area contributed by atoms with E-state index in [0.717, 1.165) is 11.3 Å². The summed E-state index contributed by atoms with van der Waals surface area (Å²) in [6.07, 6.45) is 8.23. The van der Waals surface area contributed by atoms with Crippen LogP contribution in [0.15, 0.2) is 48.9 Å². The molecule has 0 aliphatic carbocycles. The molecule has 0 aliphatic heterocycles. The van der Waals surface area contributed by atoms with Gasteiger partial charge in [0.15, 0.2) is 5.65 Å². The van der Waals surface area contributed by atoms with Gasteiger partial charge in [0.25, 0.3) is 0 Å². The van der Waals surface area contributed by atoms with E-state index in [0.29, 0.717) is 12.1 Å². The van der Waals surface area contributed by atoms with Crippen LogP contribution < -0.4 is 0 Å². The van der Waals surface area contributed by atoms with Crippen LogP contribution in [-0.2, 0) is 6.42 Å². The third-order valence-corrected chi connectivity index (χ3v) is 2.64. The molecule has 0 amide bonds. The van der Waals surface area contributed by atoms with E-state index in [1.807, 2.05) is 18.2 Å². The monoisotopic (exact) mass is 236 g/mol. The lowest BCUT2D eigenvalue weighted by molar-refractivity contribution is 1.01. The highest BCUT2D eigenvalue weighted by molar-refractivity contribution is 5.68. The van der Waals surface area contributed by atoms with Crippen molar-refractivity contribution in [3.8, 4) is 0 Å². The summed E-state index contributed by atoms with van der Waals surface area (Å²) in [5.41, 5.74) is 2.76. The highest BCUT2D eigenvalue weighted by atomic mass is 15.0. The maximum Gasteiger partial charge on any atom is 0.180 e. The molecule has 0 fully saturated rings. The number of hydrogen-bond acceptors (Lipinski definition) is 3. The first-order valence-corrected chi connectivity index (χ1v) is 5.78. The van der Waals surface area contributed by atoms with Crippen LogP contribution in [0.25, 0.3) is 17.2 Å². The number of hydrogen-bond donors (Lipinski definition) is 1. The van der Waals surface area contributed by atoms with Crippen LogP contribution in [0.2, 0.25) is 0 Å². The van der Waals surface area contributed by atoms with Gasteiger partial charge in [-0.2, -0.15) is 0 Å². The molecule has 0 saturated heterocycles. The Morgan fingerprint density at radius 2 is 2.00 bits per heavy atom. The molecular formula is C14H12N4. The molecule has 2 heterocycles. The van der Waals surface area contributed by atoms with Crippen LogP contribution in [0.1, 0.15) is 11.4 Å². The predicted molar refractivity (Wildman–Crippen MR) is 70.9 cm³/mol. The van der Waals surface area contributed by atoms with E-state index < -0.39 is 0 Å². The van der Waals surface area contributed by atoms with E-state index in [1.54, 1.807) is 12.5 Å². The van der Waals surface area contributed by atoms with Crippen molar-refractivity contribution < 1.29 is 0 Å². The Morgan fingerprint density at radius 3 is 2.89 bits per heavy atom. The average molecular weight is 236 g/mol.